The SMILES string of the molecule is O=S(=O)(Nc1cccc(C#CCCO)n1)C1CC1. The summed E-state index contributed by atoms with van der Waals surface area (Å²) in [5.74, 6) is 5.79. The number of nitrogens with one attached hydrogen (secondary N) is 1. The summed E-state index contributed by atoms with van der Waals surface area (Å²) < 4.78 is 25.9. The van der Waals surface area contributed by atoms with Crippen molar-refractivity contribution in [3.63, 3.8) is 0 Å². The molecule has 0 amide bonds. The van der Waals surface area contributed by atoms with E-state index in [1.54, 1.807) is 18.2 Å². The lowest BCUT2D eigenvalue weighted by Crippen LogP contribution is -2.18. The molecule has 2 N–H and O–H groups in total. The van der Waals surface area contributed by atoms with Crippen molar-refractivity contribution in [3.8, 4) is 11.8 Å². The highest BCUT2D eigenvalue weighted by molar-refractivity contribution is 7.93. The van der Waals surface area contributed by atoms with Crippen LogP contribution in [0.1, 0.15) is 25.0 Å². The quantitative estimate of drug-likeness (QED) is 0.787. The molecular formula is C12H14N2O3S. The van der Waals surface area contributed by atoms with Gasteiger partial charge in [0.1, 0.15) is 11.5 Å². The minimum atomic E-state index is -3.28. The third kappa shape index (κ3) is 3.45. The first-order valence-electron chi connectivity index (χ1n) is 5.70. The van der Waals surface area contributed by atoms with Crippen LogP contribution in [0.2, 0.25) is 0 Å². The molecule has 0 spiro atoms. The van der Waals surface area contributed by atoms with Crippen molar-refractivity contribution >= 4 is 15.8 Å². The number of hydrogen-bond donors (Lipinski definition) is 2. The molecular weight excluding hydrogens is 252 g/mol. The number of hydrogen-bond acceptors (Lipinski definition) is 4. The molecule has 1 aliphatic carbocycles. The summed E-state index contributed by atoms with van der Waals surface area (Å²) in [6.45, 7) is 0.000992. The number of nitrogens with zero attached hydrogens (tertiary/aromatic N) is 1. The van der Waals surface area contributed by atoms with Gasteiger partial charge >= 0.3 is 0 Å². The molecule has 1 saturated carbocycles. The summed E-state index contributed by atoms with van der Waals surface area (Å²) in [5.41, 5.74) is 0.486. The van der Waals surface area contributed by atoms with Gasteiger partial charge in [-0.2, -0.15) is 0 Å². The predicted octanol–water partition coefficient (Wildman–Crippen LogP) is 0.720. The molecule has 0 atom stereocenters. The van der Waals surface area contributed by atoms with E-state index in [1.807, 2.05) is 0 Å². The molecule has 2 rings (SSSR count). The third-order valence-electron chi connectivity index (χ3n) is 2.41. The second kappa shape index (κ2) is 5.38. The Morgan fingerprint density at radius 1 is 1.44 bits per heavy atom. The fourth-order valence-corrected chi connectivity index (χ4v) is 2.71. The molecule has 1 heterocycles. The minimum absolute atomic E-state index is 0.000992. The van der Waals surface area contributed by atoms with Crippen molar-refractivity contribution < 1.29 is 13.5 Å². The van der Waals surface area contributed by atoms with E-state index in [-0.39, 0.29) is 17.7 Å². The summed E-state index contributed by atoms with van der Waals surface area (Å²) in [6.07, 6.45) is 1.80. The Morgan fingerprint density at radius 2 is 2.22 bits per heavy atom. The Hall–Kier alpha value is -1.58. The zero-order chi connectivity index (χ0) is 13.0. The molecule has 0 radical (unpaired) electrons. The average Bonchev–Trinajstić information content (AvgIpc) is 3.13. The zero-order valence-electron chi connectivity index (χ0n) is 9.76. The van der Waals surface area contributed by atoms with Crippen molar-refractivity contribution in [2.45, 2.75) is 24.5 Å². The number of sulfonamides is 1. The molecule has 1 aromatic heterocycles. The van der Waals surface area contributed by atoms with E-state index in [4.69, 9.17) is 5.11 Å². The van der Waals surface area contributed by atoms with Crippen LogP contribution in [-0.2, 0) is 10.0 Å². The Balaban J connectivity index is 2.10. The molecule has 96 valence electrons. The van der Waals surface area contributed by atoms with Crippen molar-refractivity contribution in [2.75, 3.05) is 11.3 Å². The highest BCUT2D eigenvalue weighted by Crippen LogP contribution is 2.29. The Morgan fingerprint density at radius 3 is 2.89 bits per heavy atom. The van der Waals surface area contributed by atoms with E-state index in [9.17, 15) is 8.42 Å². The number of aliphatic hydroxyl groups is 1. The van der Waals surface area contributed by atoms with Crippen LogP contribution in [0.3, 0.4) is 0 Å². The molecule has 1 aliphatic rings. The van der Waals surface area contributed by atoms with Gasteiger partial charge in [0.25, 0.3) is 0 Å². The molecule has 0 unspecified atom stereocenters. The molecule has 1 aromatic rings. The largest absolute Gasteiger partial charge is 0.395 e. The molecule has 0 aromatic carbocycles. The van der Waals surface area contributed by atoms with Crippen LogP contribution in [-0.4, -0.2) is 30.4 Å². The second-order valence-corrected chi connectivity index (χ2v) is 5.99. The standard InChI is InChI=1S/C12H14N2O3S/c15-9-2-1-4-10-5-3-6-12(13-10)14-18(16,17)11-7-8-11/h3,5-6,11,15H,2,7-9H2,(H,13,14). The lowest BCUT2D eigenvalue weighted by Gasteiger charge is -2.05. The summed E-state index contributed by atoms with van der Waals surface area (Å²) in [6, 6.07) is 4.98. The van der Waals surface area contributed by atoms with Crippen molar-refractivity contribution in [1.29, 1.82) is 0 Å². The highest BCUT2D eigenvalue weighted by atomic mass is 32.2. The van der Waals surface area contributed by atoms with E-state index in [2.05, 4.69) is 21.5 Å². The maximum atomic E-state index is 11.7. The van der Waals surface area contributed by atoms with Crippen LogP contribution >= 0.6 is 0 Å². The van der Waals surface area contributed by atoms with E-state index in [0.29, 0.717) is 25.0 Å². The molecule has 0 saturated heterocycles. The van der Waals surface area contributed by atoms with E-state index >= 15 is 0 Å². The number of rotatable bonds is 4. The van der Waals surface area contributed by atoms with Crippen LogP contribution in [0.5, 0.6) is 0 Å². The van der Waals surface area contributed by atoms with Gasteiger partial charge < -0.3 is 5.11 Å². The first-order valence-corrected chi connectivity index (χ1v) is 7.25. The van der Waals surface area contributed by atoms with Crippen LogP contribution < -0.4 is 4.72 Å². The normalized spacial score (nSPS) is 14.7. The highest BCUT2D eigenvalue weighted by Gasteiger charge is 2.35. The summed E-state index contributed by atoms with van der Waals surface area (Å²) in [5, 5.41) is 8.33. The van der Waals surface area contributed by atoms with Gasteiger partial charge in [-0.25, -0.2) is 13.4 Å². The Kier molecular flexibility index (Phi) is 3.84. The summed E-state index contributed by atoms with van der Waals surface area (Å²) in [7, 11) is -3.28. The maximum Gasteiger partial charge on any atom is 0.236 e. The second-order valence-electron chi connectivity index (χ2n) is 4.03. The zero-order valence-corrected chi connectivity index (χ0v) is 10.6. The first kappa shape index (κ1) is 12.9. The average molecular weight is 266 g/mol. The van der Waals surface area contributed by atoms with E-state index < -0.39 is 10.0 Å². The topological polar surface area (TPSA) is 79.3 Å². The molecule has 6 heteroatoms. The van der Waals surface area contributed by atoms with Gasteiger partial charge in [-0.05, 0) is 30.9 Å². The number of aromatic nitrogens is 1. The Labute approximate surface area is 106 Å². The monoisotopic (exact) mass is 266 g/mol. The summed E-state index contributed by atoms with van der Waals surface area (Å²) in [4.78, 5) is 4.09. The van der Waals surface area contributed by atoms with Crippen molar-refractivity contribution in [2.24, 2.45) is 0 Å². The van der Waals surface area contributed by atoms with Crippen LogP contribution in [0.25, 0.3) is 0 Å². The van der Waals surface area contributed by atoms with Gasteiger partial charge in [0.2, 0.25) is 10.0 Å². The molecule has 18 heavy (non-hydrogen) atoms. The van der Waals surface area contributed by atoms with Crippen molar-refractivity contribution in [3.05, 3.63) is 23.9 Å². The van der Waals surface area contributed by atoms with E-state index in [1.165, 1.54) is 0 Å². The van der Waals surface area contributed by atoms with Crippen molar-refractivity contribution in [1.82, 2.24) is 4.98 Å². The molecule has 0 bridgehead atoms. The van der Waals surface area contributed by atoms with Gasteiger partial charge in [0.05, 0.1) is 11.9 Å². The number of pyridine rings is 1. The van der Waals surface area contributed by atoms with Crippen LogP contribution in [0.15, 0.2) is 18.2 Å². The molecule has 5 nitrogen and oxygen atoms in total. The lowest BCUT2D eigenvalue weighted by molar-refractivity contribution is 0.305. The number of aliphatic hydroxyl groups excluding tert-OH is 1. The summed E-state index contributed by atoms with van der Waals surface area (Å²) >= 11 is 0. The minimum Gasteiger partial charge on any atom is -0.395 e. The van der Waals surface area contributed by atoms with Gasteiger partial charge in [-0.3, -0.25) is 4.72 Å². The molecule has 0 aliphatic heterocycles. The Bertz CT molecular complexity index is 583. The fraction of sp³-hybridized carbons (Fsp3) is 0.417. The predicted molar refractivity (Wildman–Crippen MR) is 68.4 cm³/mol. The smallest absolute Gasteiger partial charge is 0.236 e. The maximum absolute atomic E-state index is 11.7. The van der Waals surface area contributed by atoms with Gasteiger partial charge in [0, 0.05) is 6.42 Å². The van der Waals surface area contributed by atoms with Crippen LogP contribution in [0.4, 0.5) is 5.82 Å². The number of anilines is 1. The lowest BCUT2D eigenvalue weighted by atomic mass is 10.3. The van der Waals surface area contributed by atoms with Gasteiger partial charge in [0.15, 0.2) is 0 Å². The van der Waals surface area contributed by atoms with Gasteiger partial charge in [-0.15, -0.1) is 0 Å². The fourth-order valence-electron chi connectivity index (χ4n) is 1.38. The first-order chi connectivity index (χ1) is 8.62. The van der Waals surface area contributed by atoms with E-state index in [0.717, 1.165) is 0 Å². The third-order valence-corrected chi connectivity index (χ3v) is 4.26. The van der Waals surface area contributed by atoms with Gasteiger partial charge in [-0.1, -0.05) is 12.0 Å². The molecule has 1 fully saturated rings. The van der Waals surface area contributed by atoms with Crippen LogP contribution in [0, 0.1) is 11.8 Å².